The number of rotatable bonds is 4. The van der Waals surface area contributed by atoms with E-state index in [4.69, 9.17) is 12.2 Å². The summed E-state index contributed by atoms with van der Waals surface area (Å²) in [4.78, 5) is 32.4. The van der Waals surface area contributed by atoms with Crippen LogP contribution in [-0.2, 0) is 0 Å². The first-order valence-electron chi connectivity index (χ1n) is 6.48. The zero-order valence-electron chi connectivity index (χ0n) is 12.0. The molecular formula is C14H10N4O5S. The van der Waals surface area contributed by atoms with Gasteiger partial charge >= 0.3 is 0 Å². The molecular weight excluding hydrogens is 336 g/mol. The van der Waals surface area contributed by atoms with Gasteiger partial charge in [0.15, 0.2) is 5.11 Å². The highest BCUT2D eigenvalue weighted by Gasteiger charge is 2.19. The number of carbonyl (C=O) groups is 1. The maximum absolute atomic E-state index is 12.1. The number of carbonyl (C=O) groups excluding carboxylic acids is 1. The van der Waals surface area contributed by atoms with Crippen LogP contribution in [0.3, 0.4) is 0 Å². The van der Waals surface area contributed by atoms with Crippen LogP contribution in [0.2, 0.25) is 0 Å². The van der Waals surface area contributed by atoms with Gasteiger partial charge in [0.25, 0.3) is 17.3 Å². The van der Waals surface area contributed by atoms with E-state index in [1.54, 1.807) is 0 Å². The lowest BCUT2D eigenvalue weighted by molar-refractivity contribution is -0.385. The number of nitrogens with zero attached hydrogens (tertiary/aromatic N) is 2. The van der Waals surface area contributed by atoms with Crippen molar-refractivity contribution in [1.82, 2.24) is 5.32 Å². The van der Waals surface area contributed by atoms with E-state index in [1.165, 1.54) is 48.5 Å². The van der Waals surface area contributed by atoms with Crippen LogP contribution in [-0.4, -0.2) is 20.9 Å². The Balaban J connectivity index is 2.06. The van der Waals surface area contributed by atoms with Crippen LogP contribution in [0.15, 0.2) is 48.5 Å². The van der Waals surface area contributed by atoms with Crippen LogP contribution in [0.5, 0.6) is 0 Å². The zero-order chi connectivity index (χ0) is 17.7. The van der Waals surface area contributed by atoms with Gasteiger partial charge in [-0.05, 0) is 30.4 Å². The molecule has 0 aliphatic rings. The van der Waals surface area contributed by atoms with Crippen molar-refractivity contribution in [2.24, 2.45) is 0 Å². The molecule has 0 saturated heterocycles. The molecule has 122 valence electrons. The molecule has 0 heterocycles. The second-order valence-electron chi connectivity index (χ2n) is 4.49. The van der Waals surface area contributed by atoms with Crippen molar-refractivity contribution in [3.05, 3.63) is 74.3 Å². The highest BCUT2D eigenvalue weighted by atomic mass is 32.1. The smallest absolute Gasteiger partial charge is 0.282 e. The maximum atomic E-state index is 12.1. The standard InChI is InChI=1S/C14H10N4O5S/c19-13(11-3-1-2-4-12(11)18(22)23)16-14(24)15-9-5-7-10(8-6-9)17(20)21/h1-8H,(H2,15,16,19,24). The number of non-ortho nitro benzene ring substituents is 1. The number of benzene rings is 2. The SMILES string of the molecule is O=C(NC(=S)Nc1ccc([N+](=O)[O-])cc1)c1ccccc1[N+](=O)[O-]. The molecule has 0 fully saturated rings. The summed E-state index contributed by atoms with van der Waals surface area (Å²) in [6.07, 6.45) is 0. The van der Waals surface area contributed by atoms with Crippen molar-refractivity contribution in [3.63, 3.8) is 0 Å². The number of para-hydroxylation sites is 1. The first-order chi connectivity index (χ1) is 11.4. The fraction of sp³-hybridized carbons (Fsp3) is 0. The highest BCUT2D eigenvalue weighted by Crippen LogP contribution is 2.18. The predicted octanol–water partition coefficient (Wildman–Crippen LogP) is 2.63. The average molecular weight is 346 g/mol. The fourth-order valence-corrected chi connectivity index (χ4v) is 2.03. The number of nitro groups is 2. The topological polar surface area (TPSA) is 127 Å². The molecule has 9 nitrogen and oxygen atoms in total. The van der Waals surface area contributed by atoms with Crippen molar-refractivity contribution in [1.29, 1.82) is 0 Å². The van der Waals surface area contributed by atoms with Gasteiger partial charge in [0.05, 0.1) is 9.85 Å². The Morgan fingerprint density at radius 1 is 0.958 bits per heavy atom. The highest BCUT2D eigenvalue weighted by molar-refractivity contribution is 7.80. The first kappa shape index (κ1) is 17.0. The van der Waals surface area contributed by atoms with Crippen LogP contribution in [0.25, 0.3) is 0 Å². The average Bonchev–Trinajstić information content (AvgIpc) is 2.55. The summed E-state index contributed by atoms with van der Waals surface area (Å²) < 4.78 is 0. The van der Waals surface area contributed by atoms with Crippen LogP contribution in [0.4, 0.5) is 17.1 Å². The maximum Gasteiger partial charge on any atom is 0.282 e. The molecule has 0 bridgehead atoms. The van der Waals surface area contributed by atoms with E-state index < -0.39 is 15.8 Å². The summed E-state index contributed by atoms with van der Waals surface area (Å²) >= 11 is 4.96. The monoisotopic (exact) mass is 346 g/mol. The van der Waals surface area contributed by atoms with E-state index in [-0.39, 0.29) is 22.1 Å². The summed E-state index contributed by atoms with van der Waals surface area (Å²) in [6, 6.07) is 10.8. The van der Waals surface area contributed by atoms with Crippen molar-refractivity contribution in [2.75, 3.05) is 5.32 Å². The van der Waals surface area contributed by atoms with Crippen molar-refractivity contribution in [2.45, 2.75) is 0 Å². The Morgan fingerprint density at radius 2 is 1.58 bits per heavy atom. The van der Waals surface area contributed by atoms with Gasteiger partial charge in [-0.1, -0.05) is 12.1 Å². The molecule has 0 unspecified atom stereocenters. The molecule has 0 aliphatic heterocycles. The van der Waals surface area contributed by atoms with Crippen molar-refractivity contribution in [3.8, 4) is 0 Å². The van der Waals surface area contributed by atoms with Gasteiger partial charge in [-0.3, -0.25) is 30.3 Å². The van der Waals surface area contributed by atoms with E-state index in [0.29, 0.717) is 5.69 Å². The van der Waals surface area contributed by atoms with Gasteiger partial charge < -0.3 is 5.32 Å². The van der Waals surface area contributed by atoms with E-state index in [0.717, 1.165) is 0 Å². The van der Waals surface area contributed by atoms with Gasteiger partial charge in [0, 0.05) is 23.9 Å². The van der Waals surface area contributed by atoms with E-state index >= 15 is 0 Å². The summed E-state index contributed by atoms with van der Waals surface area (Å²) in [5.41, 5.74) is -0.132. The Labute approximate surface area is 140 Å². The second kappa shape index (κ2) is 7.24. The number of hydrogen-bond acceptors (Lipinski definition) is 6. The summed E-state index contributed by atoms with van der Waals surface area (Å²) in [5, 5.41) is 26.4. The van der Waals surface area contributed by atoms with Crippen LogP contribution >= 0.6 is 12.2 Å². The third-order valence-electron chi connectivity index (χ3n) is 2.91. The summed E-state index contributed by atoms with van der Waals surface area (Å²) in [6.45, 7) is 0. The molecule has 0 spiro atoms. The van der Waals surface area contributed by atoms with E-state index in [9.17, 15) is 25.0 Å². The zero-order valence-corrected chi connectivity index (χ0v) is 12.8. The van der Waals surface area contributed by atoms with Crippen molar-refractivity contribution >= 4 is 40.3 Å². The largest absolute Gasteiger partial charge is 0.332 e. The molecule has 2 N–H and O–H groups in total. The Hall–Kier alpha value is -3.40. The summed E-state index contributed by atoms with van der Waals surface area (Å²) in [7, 11) is 0. The lowest BCUT2D eigenvalue weighted by atomic mass is 10.1. The summed E-state index contributed by atoms with van der Waals surface area (Å²) in [5.74, 6) is -0.735. The minimum absolute atomic E-state index is 0.0876. The van der Waals surface area contributed by atoms with E-state index in [1.807, 2.05) is 0 Å². The number of nitrogens with one attached hydrogen (secondary N) is 2. The van der Waals surface area contributed by atoms with Gasteiger partial charge in [-0.15, -0.1) is 0 Å². The van der Waals surface area contributed by atoms with E-state index in [2.05, 4.69) is 10.6 Å². The molecule has 2 aromatic rings. The second-order valence-corrected chi connectivity index (χ2v) is 4.89. The van der Waals surface area contributed by atoms with Crippen LogP contribution in [0, 0.1) is 20.2 Å². The van der Waals surface area contributed by atoms with Gasteiger partial charge in [0.1, 0.15) is 5.56 Å². The lowest BCUT2D eigenvalue weighted by Gasteiger charge is -2.09. The molecule has 10 heteroatoms. The number of hydrogen-bond donors (Lipinski definition) is 2. The lowest BCUT2D eigenvalue weighted by Crippen LogP contribution is -2.34. The molecule has 0 radical (unpaired) electrons. The number of nitro benzene ring substituents is 2. The minimum atomic E-state index is -0.735. The minimum Gasteiger partial charge on any atom is -0.332 e. The predicted molar refractivity (Wildman–Crippen MR) is 89.9 cm³/mol. The molecule has 2 rings (SSSR count). The van der Waals surface area contributed by atoms with Crippen LogP contribution in [0.1, 0.15) is 10.4 Å². The van der Waals surface area contributed by atoms with Gasteiger partial charge in [-0.2, -0.15) is 0 Å². The first-order valence-corrected chi connectivity index (χ1v) is 6.89. The molecule has 0 aromatic heterocycles. The molecule has 0 aliphatic carbocycles. The number of thiocarbonyl (C=S) groups is 1. The fourth-order valence-electron chi connectivity index (χ4n) is 1.82. The van der Waals surface area contributed by atoms with Gasteiger partial charge in [0.2, 0.25) is 0 Å². The molecule has 0 atom stereocenters. The number of amides is 1. The molecule has 0 saturated carbocycles. The molecule has 1 amide bonds. The number of anilines is 1. The Kier molecular flexibility index (Phi) is 5.12. The Morgan fingerprint density at radius 3 is 2.17 bits per heavy atom. The van der Waals surface area contributed by atoms with Gasteiger partial charge in [-0.25, -0.2) is 0 Å². The molecule has 2 aromatic carbocycles. The third-order valence-corrected chi connectivity index (χ3v) is 3.11. The quantitative estimate of drug-likeness (QED) is 0.495. The Bertz CT molecular complexity index is 822. The van der Waals surface area contributed by atoms with Crippen molar-refractivity contribution < 1.29 is 14.6 Å². The molecule has 24 heavy (non-hydrogen) atoms. The van der Waals surface area contributed by atoms with Crippen LogP contribution < -0.4 is 10.6 Å². The normalized spacial score (nSPS) is 9.83. The third kappa shape index (κ3) is 4.08.